The fraction of sp³-hybridized carbons (Fsp3) is 0.368. The summed E-state index contributed by atoms with van der Waals surface area (Å²) in [6.07, 6.45) is 10.6. The SMILES string of the molecule is CSNC(CCC1CC1)(c1ccncc1)c1ccc(F)c(NC=O)c1. The normalized spacial score (nSPS) is 16.2. The molecule has 6 heteroatoms. The van der Waals surface area contributed by atoms with Crippen LogP contribution >= 0.6 is 11.9 Å². The number of anilines is 1. The number of benzene rings is 1. The van der Waals surface area contributed by atoms with Gasteiger partial charge in [0.15, 0.2) is 0 Å². The third-order valence-corrected chi connectivity index (χ3v) is 5.30. The number of hydrogen-bond acceptors (Lipinski definition) is 4. The number of hydrogen-bond donors (Lipinski definition) is 2. The lowest BCUT2D eigenvalue weighted by Crippen LogP contribution is -2.40. The smallest absolute Gasteiger partial charge is 0.211 e. The van der Waals surface area contributed by atoms with E-state index in [1.54, 1.807) is 24.5 Å². The van der Waals surface area contributed by atoms with Gasteiger partial charge in [-0.2, -0.15) is 0 Å². The van der Waals surface area contributed by atoms with Gasteiger partial charge in [0.25, 0.3) is 0 Å². The lowest BCUT2D eigenvalue weighted by atomic mass is 9.79. The first kappa shape index (κ1) is 17.9. The van der Waals surface area contributed by atoms with Crippen molar-refractivity contribution in [3.8, 4) is 0 Å². The average molecular weight is 359 g/mol. The van der Waals surface area contributed by atoms with Gasteiger partial charge < -0.3 is 5.32 Å². The molecule has 0 bridgehead atoms. The minimum absolute atomic E-state index is 0.195. The Morgan fingerprint density at radius 3 is 2.68 bits per heavy atom. The van der Waals surface area contributed by atoms with Crippen molar-refractivity contribution < 1.29 is 9.18 Å². The molecule has 1 unspecified atom stereocenters. The summed E-state index contributed by atoms with van der Waals surface area (Å²) in [5.74, 6) is 0.337. The first-order valence-corrected chi connectivity index (χ1v) is 9.63. The van der Waals surface area contributed by atoms with Gasteiger partial charge in [0, 0.05) is 12.4 Å². The Kier molecular flexibility index (Phi) is 5.71. The van der Waals surface area contributed by atoms with Crippen LogP contribution in [-0.2, 0) is 10.3 Å². The molecule has 1 amide bonds. The molecular formula is C19H22FN3OS. The van der Waals surface area contributed by atoms with Crippen LogP contribution in [0.1, 0.15) is 36.8 Å². The molecule has 1 saturated carbocycles. The molecule has 2 aromatic rings. The molecule has 2 N–H and O–H groups in total. The van der Waals surface area contributed by atoms with Gasteiger partial charge in [-0.1, -0.05) is 30.9 Å². The van der Waals surface area contributed by atoms with Crippen molar-refractivity contribution >= 4 is 24.0 Å². The molecule has 1 atom stereocenters. The van der Waals surface area contributed by atoms with E-state index in [1.807, 2.05) is 18.4 Å². The van der Waals surface area contributed by atoms with Crippen LogP contribution in [0.15, 0.2) is 42.7 Å². The number of aromatic nitrogens is 1. The molecule has 1 aliphatic rings. The van der Waals surface area contributed by atoms with E-state index in [-0.39, 0.29) is 5.69 Å². The van der Waals surface area contributed by atoms with Crippen molar-refractivity contribution in [2.24, 2.45) is 5.92 Å². The van der Waals surface area contributed by atoms with Crippen LogP contribution in [-0.4, -0.2) is 17.6 Å². The second kappa shape index (κ2) is 7.97. The summed E-state index contributed by atoms with van der Waals surface area (Å²) in [7, 11) is 0. The first-order valence-electron chi connectivity index (χ1n) is 8.40. The Bertz CT molecular complexity index is 724. The molecule has 0 spiro atoms. The number of nitrogens with one attached hydrogen (secondary N) is 2. The highest BCUT2D eigenvalue weighted by Gasteiger charge is 2.36. The molecule has 1 heterocycles. The fourth-order valence-electron chi connectivity index (χ4n) is 3.23. The molecule has 1 aliphatic carbocycles. The zero-order chi connectivity index (χ0) is 17.7. The summed E-state index contributed by atoms with van der Waals surface area (Å²) in [5.41, 5.74) is 1.75. The Morgan fingerprint density at radius 1 is 1.28 bits per heavy atom. The number of amides is 1. The van der Waals surface area contributed by atoms with E-state index >= 15 is 0 Å². The van der Waals surface area contributed by atoms with E-state index in [0.29, 0.717) is 6.41 Å². The molecule has 0 saturated heterocycles. The van der Waals surface area contributed by atoms with Gasteiger partial charge in [-0.3, -0.25) is 9.78 Å². The summed E-state index contributed by atoms with van der Waals surface area (Å²) in [6.45, 7) is 0. The largest absolute Gasteiger partial charge is 0.326 e. The Hall–Kier alpha value is -1.92. The van der Waals surface area contributed by atoms with Crippen molar-refractivity contribution in [2.45, 2.75) is 31.2 Å². The summed E-state index contributed by atoms with van der Waals surface area (Å²) < 4.78 is 17.6. The highest BCUT2D eigenvalue weighted by atomic mass is 32.2. The predicted octanol–water partition coefficient (Wildman–Crippen LogP) is 4.09. The zero-order valence-corrected chi connectivity index (χ0v) is 15.0. The standard InChI is InChI=1S/C19H22FN3OS/c1-25-23-19(9-6-14-2-3-14,15-7-10-21-11-8-15)16-4-5-17(20)18(12-16)22-13-24/h4-5,7-8,10-14,23H,2-3,6,9H2,1H3,(H,22,24). The molecule has 1 aromatic carbocycles. The van der Waals surface area contributed by atoms with Crippen molar-refractivity contribution in [1.29, 1.82) is 0 Å². The lowest BCUT2D eigenvalue weighted by molar-refractivity contribution is -0.105. The molecule has 1 fully saturated rings. The Morgan fingerprint density at radius 2 is 2.04 bits per heavy atom. The number of rotatable bonds is 9. The van der Waals surface area contributed by atoms with Gasteiger partial charge in [0.05, 0.1) is 11.2 Å². The molecule has 25 heavy (non-hydrogen) atoms. The summed E-state index contributed by atoms with van der Waals surface area (Å²) in [4.78, 5) is 14.9. The molecule has 0 radical (unpaired) electrons. The van der Waals surface area contributed by atoms with Crippen LogP contribution in [0.4, 0.5) is 10.1 Å². The number of nitrogens with zero attached hydrogens (tertiary/aromatic N) is 1. The van der Waals surface area contributed by atoms with Gasteiger partial charge in [-0.15, -0.1) is 0 Å². The summed E-state index contributed by atoms with van der Waals surface area (Å²) in [6, 6.07) is 8.91. The topological polar surface area (TPSA) is 54.0 Å². The van der Waals surface area contributed by atoms with Crippen molar-refractivity contribution in [3.63, 3.8) is 0 Å². The summed E-state index contributed by atoms with van der Waals surface area (Å²) >= 11 is 1.54. The van der Waals surface area contributed by atoms with Crippen LogP contribution in [0.2, 0.25) is 0 Å². The van der Waals surface area contributed by atoms with Gasteiger partial charge in [-0.25, -0.2) is 9.11 Å². The summed E-state index contributed by atoms with van der Waals surface area (Å²) in [5, 5.41) is 2.46. The van der Waals surface area contributed by atoms with Gasteiger partial charge >= 0.3 is 0 Å². The number of carbonyl (C=O) groups is 1. The number of halogens is 1. The molecule has 0 aliphatic heterocycles. The van der Waals surface area contributed by atoms with Crippen LogP contribution in [0.25, 0.3) is 0 Å². The minimum Gasteiger partial charge on any atom is -0.326 e. The second-order valence-corrected chi connectivity index (χ2v) is 7.00. The maximum absolute atomic E-state index is 14.0. The van der Waals surface area contributed by atoms with Gasteiger partial charge in [0.1, 0.15) is 5.82 Å². The molecule has 3 rings (SSSR count). The van der Waals surface area contributed by atoms with Crippen LogP contribution in [0.3, 0.4) is 0 Å². The second-order valence-electron chi connectivity index (χ2n) is 6.39. The number of carbonyl (C=O) groups excluding carboxylic acids is 1. The van der Waals surface area contributed by atoms with E-state index in [4.69, 9.17) is 0 Å². The van der Waals surface area contributed by atoms with Crippen LogP contribution < -0.4 is 10.0 Å². The quantitative estimate of drug-likeness (QED) is 0.523. The predicted molar refractivity (Wildman–Crippen MR) is 99.7 cm³/mol. The molecule has 132 valence electrons. The minimum atomic E-state index is -0.460. The third kappa shape index (κ3) is 4.02. The highest BCUT2D eigenvalue weighted by Crippen LogP contribution is 2.42. The van der Waals surface area contributed by atoms with Gasteiger partial charge in [-0.05, 0) is 60.4 Å². The first-order chi connectivity index (χ1) is 12.2. The van der Waals surface area contributed by atoms with E-state index in [2.05, 4.69) is 15.0 Å². The Labute approximate surface area is 151 Å². The molecule has 4 nitrogen and oxygen atoms in total. The van der Waals surface area contributed by atoms with E-state index in [0.717, 1.165) is 29.9 Å². The number of pyridine rings is 1. The third-order valence-electron chi connectivity index (χ3n) is 4.75. The van der Waals surface area contributed by atoms with Gasteiger partial charge in [0.2, 0.25) is 6.41 Å². The van der Waals surface area contributed by atoms with Crippen LogP contribution in [0.5, 0.6) is 0 Å². The maximum Gasteiger partial charge on any atom is 0.211 e. The zero-order valence-electron chi connectivity index (χ0n) is 14.2. The van der Waals surface area contributed by atoms with E-state index in [9.17, 15) is 9.18 Å². The molecule has 1 aromatic heterocycles. The fourth-order valence-corrected chi connectivity index (χ4v) is 3.91. The molecular weight excluding hydrogens is 337 g/mol. The monoisotopic (exact) mass is 359 g/mol. The van der Waals surface area contributed by atoms with E-state index in [1.165, 1.54) is 30.9 Å². The highest BCUT2D eigenvalue weighted by molar-refractivity contribution is 7.96. The maximum atomic E-state index is 14.0. The average Bonchev–Trinajstić information content (AvgIpc) is 3.46. The Balaban J connectivity index is 2.07. The van der Waals surface area contributed by atoms with Crippen LogP contribution in [0, 0.1) is 11.7 Å². The van der Waals surface area contributed by atoms with Crippen molar-refractivity contribution in [2.75, 3.05) is 11.6 Å². The van der Waals surface area contributed by atoms with Crippen molar-refractivity contribution in [3.05, 3.63) is 59.7 Å². The van der Waals surface area contributed by atoms with E-state index < -0.39 is 11.4 Å². The lowest BCUT2D eigenvalue weighted by Gasteiger charge is -2.36. The van der Waals surface area contributed by atoms with Crippen molar-refractivity contribution in [1.82, 2.24) is 9.71 Å².